The van der Waals surface area contributed by atoms with Crippen LogP contribution < -0.4 is 5.56 Å². The molecule has 0 bridgehead atoms. The molecule has 0 N–H and O–H groups in total. The highest BCUT2D eigenvalue weighted by molar-refractivity contribution is 6.08. The van der Waals surface area contributed by atoms with Gasteiger partial charge in [0, 0.05) is 43.0 Å². The first-order valence-electron chi connectivity index (χ1n) is 12.5. The number of rotatable bonds is 3. The van der Waals surface area contributed by atoms with Crippen LogP contribution in [-0.4, -0.2) is 26.9 Å². The van der Waals surface area contributed by atoms with Crippen molar-refractivity contribution in [3.8, 4) is 11.1 Å². The average Bonchev–Trinajstić information content (AvgIpc) is 2.89. The fourth-order valence-corrected chi connectivity index (χ4v) is 5.05. The van der Waals surface area contributed by atoms with E-state index in [1.165, 1.54) is 21.9 Å². The van der Waals surface area contributed by atoms with Crippen LogP contribution in [0.4, 0.5) is 26.3 Å². The van der Waals surface area contributed by atoms with Crippen molar-refractivity contribution in [2.75, 3.05) is 6.54 Å². The minimum absolute atomic E-state index is 0.0373. The number of hydrogen-bond acceptors (Lipinski definition) is 3. The van der Waals surface area contributed by atoms with Crippen LogP contribution in [0.3, 0.4) is 0 Å². The molecule has 0 spiro atoms. The lowest BCUT2D eigenvalue weighted by Crippen LogP contribution is -2.39. The van der Waals surface area contributed by atoms with E-state index in [9.17, 15) is 35.9 Å². The fourth-order valence-electron chi connectivity index (χ4n) is 5.05. The molecular weight excluding hydrogens is 536 g/mol. The van der Waals surface area contributed by atoms with Crippen LogP contribution in [0.1, 0.15) is 45.6 Å². The summed E-state index contributed by atoms with van der Waals surface area (Å²) in [5.41, 5.74) is -1.57. The highest BCUT2D eigenvalue weighted by atomic mass is 19.4. The Hall–Kier alpha value is -4.15. The monoisotopic (exact) mass is 559 g/mol. The molecule has 1 aliphatic rings. The van der Waals surface area contributed by atoms with Crippen molar-refractivity contribution in [3.63, 3.8) is 0 Å². The molecule has 40 heavy (non-hydrogen) atoms. The number of hydrogen-bond donors (Lipinski definition) is 0. The Balaban J connectivity index is 1.69. The number of fused-ring (bicyclic) bond motifs is 2. The number of nitrogens with zero attached hydrogens (tertiary/aromatic N) is 3. The van der Waals surface area contributed by atoms with Crippen LogP contribution in [0.2, 0.25) is 0 Å². The lowest BCUT2D eigenvalue weighted by atomic mass is 9.95. The predicted octanol–water partition coefficient (Wildman–Crippen LogP) is 6.85. The molecule has 0 fully saturated rings. The number of alkyl halides is 6. The highest BCUT2D eigenvalue weighted by Crippen LogP contribution is 2.37. The Morgan fingerprint density at radius 1 is 0.825 bits per heavy atom. The van der Waals surface area contributed by atoms with Crippen LogP contribution >= 0.6 is 0 Å². The second-order valence-electron chi connectivity index (χ2n) is 9.82. The zero-order valence-corrected chi connectivity index (χ0v) is 21.2. The van der Waals surface area contributed by atoms with Gasteiger partial charge in [-0.3, -0.25) is 14.6 Å². The minimum atomic E-state index is -5.01. The van der Waals surface area contributed by atoms with Gasteiger partial charge in [0.2, 0.25) is 0 Å². The Morgan fingerprint density at radius 3 is 2.08 bits per heavy atom. The molecule has 208 valence electrons. The molecule has 0 saturated carbocycles. The van der Waals surface area contributed by atoms with Gasteiger partial charge in [-0.1, -0.05) is 29.8 Å². The Kier molecular flexibility index (Phi) is 6.93. The average molecular weight is 560 g/mol. The summed E-state index contributed by atoms with van der Waals surface area (Å²) in [6.07, 6.45) is -6.25. The molecule has 3 heterocycles. The molecule has 5 rings (SSSR count). The standard InChI is InChI=1S/C29H23F6N3O2/c1-17-4-6-19(7-5-17)24-22-8-9-36-15-23(22)26(39)38-11-3-2-10-37(27(40)25(24)38)16-18-12-20(28(30,31)32)14-21(13-18)29(33,34)35/h4-9,12-15H,2-3,10-11,16H2,1H3. The van der Waals surface area contributed by atoms with Crippen LogP contribution in [-0.2, 0) is 25.4 Å². The van der Waals surface area contributed by atoms with Crippen molar-refractivity contribution >= 4 is 16.7 Å². The van der Waals surface area contributed by atoms with Gasteiger partial charge in [-0.25, -0.2) is 0 Å². The number of aromatic nitrogens is 2. The summed E-state index contributed by atoms with van der Waals surface area (Å²) in [6, 6.07) is 10.2. The molecule has 0 unspecified atom stereocenters. The van der Waals surface area contributed by atoms with Gasteiger partial charge in [-0.2, -0.15) is 26.3 Å². The summed E-state index contributed by atoms with van der Waals surface area (Å²) < 4.78 is 82.2. The van der Waals surface area contributed by atoms with Crippen molar-refractivity contribution in [2.45, 2.75) is 45.2 Å². The van der Waals surface area contributed by atoms with E-state index in [0.29, 0.717) is 46.9 Å². The van der Waals surface area contributed by atoms with Crippen molar-refractivity contribution in [1.29, 1.82) is 0 Å². The van der Waals surface area contributed by atoms with Gasteiger partial charge in [-0.05, 0) is 55.2 Å². The SMILES string of the molecule is Cc1ccc(-c2c3n(c(=O)c4cnccc24)CCCCN(Cc2cc(C(F)(F)F)cc(C(F)(F)F)c2)C3=O)cc1. The normalized spacial score (nSPS) is 14.7. The zero-order chi connectivity index (χ0) is 28.8. The van der Waals surface area contributed by atoms with E-state index in [1.54, 1.807) is 18.2 Å². The van der Waals surface area contributed by atoms with Crippen LogP contribution in [0.25, 0.3) is 21.9 Å². The third kappa shape index (κ3) is 5.20. The molecule has 1 amide bonds. The summed E-state index contributed by atoms with van der Waals surface area (Å²) in [7, 11) is 0. The first-order valence-corrected chi connectivity index (χ1v) is 12.5. The maximum Gasteiger partial charge on any atom is 0.416 e. The number of amides is 1. The highest BCUT2D eigenvalue weighted by Gasteiger charge is 2.37. The van der Waals surface area contributed by atoms with Crippen molar-refractivity contribution < 1.29 is 31.1 Å². The van der Waals surface area contributed by atoms with E-state index >= 15 is 0 Å². The Bertz CT molecular complexity index is 1620. The summed E-state index contributed by atoms with van der Waals surface area (Å²) in [6.45, 7) is 1.70. The number of benzene rings is 2. The predicted molar refractivity (Wildman–Crippen MR) is 137 cm³/mol. The number of aryl methyl sites for hydroxylation is 1. The Morgan fingerprint density at radius 2 is 1.45 bits per heavy atom. The van der Waals surface area contributed by atoms with Crippen LogP contribution in [0.5, 0.6) is 0 Å². The van der Waals surface area contributed by atoms with E-state index in [4.69, 9.17) is 0 Å². The van der Waals surface area contributed by atoms with Gasteiger partial charge in [0.1, 0.15) is 5.69 Å². The minimum Gasteiger partial charge on any atom is -0.333 e. The number of pyridine rings is 2. The quantitative estimate of drug-likeness (QED) is 0.258. The Labute approximate surface area is 224 Å². The number of carbonyl (C=O) groups excluding carboxylic acids is 1. The summed E-state index contributed by atoms with van der Waals surface area (Å²) >= 11 is 0. The maximum atomic E-state index is 14.1. The van der Waals surface area contributed by atoms with E-state index in [-0.39, 0.29) is 30.4 Å². The molecule has 0 saturated heterocycles. The lowest BCUT2D eigenvalue weighted by molar-refractivity contribution is -0.143. The first kappa shape index (κ1) is 27.4. The molecule has 2 aromatic heterocycles. The summed E-state index contributed by atoms with van der Waals surface area (Å²) in [4.78, 5) is 32.9. The molecule has 0 aliphatic carbocycles. The fraction of sp³-hybridized carbons (Fsp3) is 0.276. The molecule has 0 radical (unpaired) electrons. The van der Waals surface area contributed by atoms with Crippen molar-refractivity contribution in [3.05, 3.63) is 99.2 Å². The van der Waals surface area contributed by atoms with Gasteiger partial charge in [-0.15, -0.1) is 0 Å². The second-order valence-corrected chi connectivity index (χ2v) is 9.82. The summed E-state index contributed by atoms with van der Waals surface area (Å²) in [5.74, 6) is -0.656. The second kappa shape index (κ2) is 10.1. The van der Waals surface area contributed by atoms with E-state index in [0.717, 1.165) is 5.56 Å². The molecule has 2 aromatic carbocycles. The molecule has 1 aliphatic heterocycles. The number of carbonyl (C=O) groups is 1. The lowest BCUT2D eigenvalue weighted by Gasteiger charge is -2.29. The smallest absolute Gasteiger partial charge is 0.333 e. The summed E-state index contributed by atoms with van der Waals surface area (Å²) in [5, 5.41) is 0.775. The van der Waals surface area contributed by atoms with Gasteiger partial charge in [0.25, 0.3) is 11.5 Å². The molecule has 0 atom stereocenters. The van der Waals surface area contributed by atoms with Gasteiger partial charge < -0.3 is 9.47 Å². The van der Waals surface area contributed by atoms with Crippen molar-refractivity contribution in [1.82, 2.24) is 14.5 Å². The van der Waals surface area contributed by atoms with Crippen LogP contribution in [0.15, 0.2) is 65.7 Å². The third-order valence-corrected chi connectivity index (χ3v) is 6.98. The van der Waals surface area contributed by atoms with E-state index < -0.39 is 41.5 Å². The third-order valence-electron chi connectivity index (χ3n) is 6.98. The van der Waals surface area contributed by atoms with E-state index in [2.05, 4.69) is 4.98 Å². The van der Waals surface area contributed by atoms with E-state index in [1.807, 2.05) is 19.1 Å². The molecule has 11 heteroatoms. The number of halogens is 6. The zero-order valence-electron chi connectivity index (χ0n) is 21.2. The largest absolute Gasteiger partial charge is 0.416 e. The topological polar surface area (TPSA) is 55.2 Å². The van der Waals surface area contributed by atoms with Crippen LogP contribution in [0, 0.1) is 6.92 Å². The van der Waals surface area contributed by atoms with Crippen molar-refractivity contribution in [2.24, 2.45) is 0 Å². The molecular formula is C29H23F6N3O2. The molecule has 4 aromatic rings. The van der Waals surface area contributed by atoms with Gasteiger partial charge in [0.15, 0.2) is 0 Å². The van der Waals surface area contributed by atoms with Gasteiger partial charge >= 0.3 is 12.4 Å². The maximum absolute atomic E-state index is 14.1. The molecule has 5 nitrogen and oxygen atoms in total. The van der Waals surface area contributed by atoms with Gasteiger partial charge in [0.05, 0.1) is 16.5 Å². The first-order chi connectivity index (χ1) is 18.8.